The fourth-order valence-corrected chi connectivity index (χ4v) is 2.28. The van der Waals surface area contributed by atoms with Gasteiger partial charge in [-0.1, -0.05) is 18.2 Å². The molecular formula is C14H16N2OS. The largest absolute Gasteiger partial charge is 0.459 e. The SMILES string of the molecule is C[C@@H](NC(=S)NC1CC1)c1cc2ccccc2o1. The Balaban J connectivity index is 1.70. The van der Waals surface area contributed by atoms with Gasteiger partial charge >= 0.3 is 0 Å². The minimum Gasteiger partial charge on any atom is -0.459 e. The summed E-state index contributed by atoms with van der Waals surface area (Å²) in [4.78, 5) is 0. The Hall–Kier alpha value is -1.55. The van der Waals surface area contributed by atoms with E-state index in [4.69, 9.17) is 16.6 Å². The van der Waals surface area contributed by atoms with Gasteiger partial charge in [-0.3, -0.25) is 0 Å². The van der Waals surface area contributed by atoms with Gasteiger partial charge in [-0.15, -0.1) is 0 Å². The van der Waals surface area contributed by atoms with Crippen LogP contribution in [0.15, 0.2) is 34.7 Å². The van der Waals surface area contributed by atoms with Gasteiger partial charge in [-0.05, 0) is 44.1 Å². The van der Waals surface area contributed by atoms with E-state index in [0.29, 0.717) is 11.2 Å². The zero-order chi connectivity index (χ0) is 12.5. The average Bonchev–Trinajstić information content (AvgIpc) is 3.05. The zero-order valence-corrected chi connectivity index (χ0v) is 11.1. The molecule has 1 aromatic heterocycles. The third-order valence-corrected chi connectivity index (χ3v) is 3.37. The quantitative estimate of drug-likeness (QED) is 0.831. The van der Waals surface area contributed by atoms with Crippen LogP contribution in [0.1, 0.15) is 31.6 Å². The maximum absolute atomic E-state index is 5.80. The summed E-state index contributed by atoms with van der Waals surface area (Å²) in [6.45, 7) is 2.05. The summed E-state index contributed by atoms with van der Waals surface area (Å²) in [7, 11) is 0. The van der Waals surface area contributed by atoms with Gasteiger partial charge in [0, 0.05) is 11.4 Å². The van der Waals surface area contributed by atoms with Crippen molar-refractivity contribution in [2.45, 2.75) is 31.8 Å². The lowest BCUT2D eigenvalue weighted by atomic mass is 10.2. The molecule has 18 heavy (non-hydrogen) atoms. The van der Waals surface area contributed by atoms with Crippen molar-refractivity contribution in [2.24, 2.45) is 0 Å². The van der Waals surface area contributed by atoms with E-state index >= 15 is 0 Å². The first-order chi connectivity index (χ1) is 8.72. The highest BCUT2D eigenvalue weighted by Gasteiger charge is 2.22. The molecule has 1 aromatic carbocycles. The maximum Gasteiger partial charge on any atom is 0.167 e. The van der Waals surface area contributed by atoms with Crippen LogP contribution >= 0.6 is 12.2 Å². The van der Waals surface area contributed by atoms with E-state index in [1.165, 1.54) is 12.8 Å². The second-order valence-electron chi connectivity index (χ2n) is 4.80. The number of fused-ring (bicyclic) bond motifs is 1. The second kappa shape index (κ2) is 4.61. The van der Waals surface area contributed by atoms with Crippen molar-refractivity contribution in [3.63, 3.8) is 0 Å². The van der Waals surface area contributed by atoms with E-state index in [1.54, 1.807) is 0 Å². The van der Waals surface area contributed by atoms with Crippen molar-refractivity contribution in [3.8, 4) is 0 Å². The fraction of sp³-hybridized carbons (Fsp3) is 0.357. The molecule has 0 spiro atoms. The van der Waals surface area contributed by atoms with E-state index in [0.717, 1.165) is 16.7 Å². The number of benzene rings is 1. The lowest BCUT2D eigenvalue weighted by Gasteiger charge is -2.14. The minimum atomic E-state index is 0.0798. The number of hydrogen-bond acceptors (Lipinski definition) is 2. The molecule has 1 aliphatic rings. The predicted molar refractivity (Wildman–Crippen MR) is 76.5 cm³/mol. The first kappa shape index (κ1) is 11.5. The molecule has 2 N–H and O–H groups in total. The molecule has 0 radical (unpaired) electrons. The highest BCUT2D eigenvalue weighted by Crippen LogP contribution is 2.24. The van der Waals surface area contributed by atoms with Gasteiger partial charge in [-0.2, -0.15) is 0 Å². The van der Waals surface area contributed by atoms with Crippen LogP contribution in [-0.4, -0.2) is 11.2 Å². The standard InChI is InChI=1S/C14H16N2OS/c1-9(15-14(18)16-11-6-7-11)13-8-10-4-2-3-5-12(10)17-13/h2-5,8-9,11H,6-7H2,1H3,(H2,15,16,18)/t9-/m1/s1. The first-order valence-electron chi connectivity index (χ1n) is 6.28. The Bertz CT molecular complexity index is 541. The number of hydrogen-bond donors (Lipinski definition) is 2. The summed E-state index contributed by atoms with van der Waals surface area (Å²) in [6.07, 6.45) is 2.45. The highest BCUT2D eigenvalue weighted by atomic mass is 32.1. The molecule has 3 nitrogen and oxygen atoms in total. The van der Waals surface area contributed by atoms with Crippen molar-refractivity contribution < 1.29 is 4.42 Å². The molecule has 3 rings (SSSR count). The van der Waals surface area contributed by atoms with E-state index in [9.17, 15) is 0 Å². The number of para-hydroxylation sites is 1. The molecule has 1 atom stereocenters. The Morgan fingerprint density at radius 3 is 2.89 bits per heavy atom. The highest BCUT2D eigenvalue weighted by molar-refractivity contribution is 7.80. The summed E-state index contributed by atoms with van der Waals surface area (Å²) >= 11 is 5.26. The van der Waals surface area contributed by atoms with Gasteiger partial charge < -0.3 is 15.1 Å². The summed E-state index contributed by atoms with van der Waals surface area (Å²) in [5.41, 5.74) is 0.919. The summed E-state index contributed by atoms with van der Waals surface area (Å²) in [6, 6.07) is 10.7. The van der Waals surface area contributed by atoms with Crippen molar-refractivity contribution in [2.75, 3.05) is 0 Å². The van der Waals surface area contributed by atoms with Crippen LogP contribution in [0.25, 0.3) is 11.0 Å². The number of nitrogens with one attached hydrogen (secondary N) is 2. The van der Waals surface area contributed by atoms with Crippen molar-refractivity contribution in [1.29, 1.82) is 0 Å². The lowest BCUT2D eigenvalue weighted by molar-refractivity contribution is 0.490. The van der Waals surface area contributed by atoms with Gasteiger partial charge in [0.2, 0.25) is 0 Å². The third kappa shape index (κ3) is 2.48. The van der Waals surface area contributed by atoms with Crippen LogP contribution in [0.2, 0.25) is 0 Å². The van der Waals surface area contributed by atoms with E-state index in [1.807, 2.05) is 18.2 Å². The normalized spacial score (nSPS) is 16.5. The molecule has 0 aliphatic heterocycles. The van der Waals surface area contributed by atoms with Crippen molar-refractivity contribution >= 4 is 28.3 Å². The molecule has 0 saturated heterocycles. The van der Waals surface area contributed by atoms with Gasteiger partial charge in [0.05, 0.1) is 6.04 Å². The number of rotatable bonds is 3. The van der Waals surface area contributed by atoms with E-state index in [-0.39, 0.29) is 6.04 Å². The van der Waals surface area contributed by atoms with Crippen LogP contribution in [0, 0.1) is 0 Å². The molecule has 1 aliphatic carbocycles. The van der Waals surface area contributed by atoms with Crippen LogP contribution in [0.5, 0.6) is 0 Å². The molecule has 0 unspecified atom stereocenters. The molecule has 1 heterocycles. The van der Waals surface area contributed by atoms with Crippen LogP contribution in [0.4, 0.5) is 0 Å². The van der Waals surface area contributed by atoms with Crippen LogP contribution in [0.3, 0.4) is 0 Å². The van der Waals surface area contributed by atoms with Crippen LogP contribution < -0.4 is 10.6 Å². The zero-order valence-electron chi connectivity index (χ0n) is 10.3. The number of thiocarbonyl (C=S) groups is 1. The fourth-order valence-electron chi connectivity index (χ4n) is 1.94. The van der Waals surface area contributed by atoms with Gasteiger partial charge in [0.15, 0.2) is 5.11 Å². The molecule has 0 amide bonds. The summed E-state index contributed by atoms with van der Waals surface area (Å²) in [5.74, 6) is 0.913. The lowest BCUT2D eigenvalue weighted by Crippen LogP contribution is -2.37. The molecular weight excluding hydrogens is 244 g/mol. The minimum absolute atomic E-state index is 0.0798. The van der Waals surface area contributed by atoms with E-state index in [2.05, 4.69) is 29.7 Å². The molecule has 0 bridgehead atoms. The topological polar surface area (TPSA) is 37.2 Å². The summed E-state index contributed by atoms with van der Waals surface area (Å²) in [5, 5.41) is 8.36. The summed E-state index contributed by atoms with van der Waals surface area (Å²) < 4.78 is 5.80. The first-order valence-corrected chi connectivity index (χ1v) is 6.69. The molecule has 1 saturated carbocycles. The second-order valence-corrected chi connectivity index (χ2v) is 5.21. The predicted octanol–water partition coefficient (Wildman–Crippen LogP) is 3.12. The molecule has 94 valence electrons. The van der Waals surface area contributed by atoms with Gasteiger partial charge in [0.25, 0.3) is 0 Å². The van der Waals surface area contributed by atoms with Crippen molar-refractivity contribution in [3.05, 3.63) is 36.1 Å². The van der Waals surface area contributed by atoms with E-state index < -0.39 is 0 Å². The molecule has 2 aromatic rings. The van der Waals surface area contributed by atoms with Gasteiger partial charge in [0.1, 0.15) is 11.3 Å². The Morgan fingerprint density at radius 2 is 2.17 bits per heavy atom. The molecule has 1 fully saturated rings. The average molecular weight is 260 g/mol. The molecule has 4 heteroatoms. The third-order valence-electron chi connectivity index (χ3n) is 3.13. The van der Waals surface area contributed by atoms with Gasteiger partial charge in [-0.25, -0.2) is 0 Å². The van der Waals surface area contributed by atoms with Crippen molar-refractivity contribution in [1.82, 2.24) is 10.6 Å². The maximum atomic E-state index is 5.80. The number of furan rings is 1. The Kier molecular flexibility index (Phi) is 2.96. The Morgan fingerprint density at radius 1 is 1.39 bits per heavy atom. The monoisotopic (exact) mass is 260 g/mol. The van der Waals surface area contributed by atoms with Crippen LogP contribution in [-0.2, 0) is 0 Å². The Labute approximate surface area is 112 Å². The smallest absolute Gasteiger partial charge is 0.167 e.